The number of benzene rings is 2. The van der Waals surface area contributed by atoms with Gasteiger partial charge in [0, 0.05) is 30.1 Å². The SMILES string of the molecule is CC(C)NC(=O)C1CCC(n2/c(=N\C(=O)c3ccc(F)cc3)[nH]c3ccc(CN4CCC(CNCC(F)(F)F)CC4)cc32)CC1. The van der Waals surface area contributed by atoms with Crippen molar-refractivity contribution >= 4 is 22.8 Å². The van der Waals surface area contributed by atoms with Gasteiger partial charge in [-0.25, -0.2) is 4.39 Å². The van der Waals surface area contributed by atoms with E-state index >= 15 is 0 Å². The first-order chi connectivity index (χ1) is 21.4. The van der Waals surface area contributed by atoms with Crippen LogP contribution in [0.2, 0.25) is 0 Å². The molecule has 2 heterocycles. The summed E-state index contributed by atoms with van der Waals surface area (Å²) >= 11 is 0. The third-order valence-electron chi connectivity index (χ3n) is 8.83. The first-order valence-corrected chi connectivity index (χ1v) is 15.8. The number of carbonyl (C=O) groups is 2. The van der Waals surface area contributed by atoms with Gasteiger partial charge in [-0.15, -0.1) is 0 Å². The van der Waals surface area contributed by atoms with E-state index in [9.17, 15) is 27.2 Å². The van der Waals surface area contributed by atoms with Crippen LogP contribution < -0.4 is 16.3 Å². The van der Waals surface area contributed by atoms with E-state index in [0.717, 1.165) is 68.2 Å². The Morgan fingerprint density at radius 2 is 1.69 bits per heavy atom. The number of amides is 2. The van der Waals surface area contributed by atoms with Crippen LogP contribution in [0.15, 0.2) is 47.5 Å². The molecule has 8 nitrogen and oxygen atoms in total. The largest absolute Gasteiger partial charge is 0.401 e. The predicted octanol–water partition coefficient (Wildman–Crippen LogP) is 5.47. The second kappa shape index (κ2) is 14.3. The summed E-state index contributed by atoms with van der Waals surface area (Å²) < 4.78 is 53.0. The maximum Gasteiger partial charge on any atom is 0.401 e. The summed E-state index contributed by atoms with van der Waals surface area (Å²) in [4.78, 5) is 35.9. The van der Waals surface area contributed by atoms with Crippen LogP contribution in [0.5, 0.6) is 0 Å². The Labute approximate surface area is 260 Å². The Morgan fingerprint density at radius 3 is 2.33 bits per heavy atom. The monoisotopic (exact) mass is 630 g/mol. The van der Waals surface area contributed by atoms with Gasteiger partial charge in [-0.2, -0.15) is 18.2 Å². The van der Waals surface area contributed by atoms with Gasteiger partial charge in [-0.05, 0) is 120 Å². The molecule has 2 aromatic carbocycles. The minimum absolute atomic E-state index is 0.0248. The van der Waals surface area contributed by atoms with E-state index in [1.807, 2.05) is 26.0 Å². The highest BCUT2D eigenvalue weighted by Crippen LogP contribution is 2.34. The number of hydrogen-bond acceptors (Lipinski definition) is 4. The number of piperidine rings is 1. The third-order valence-corrected chi connectivity index (χ3v) is 8.83. The Morgan fingerprint density at radius 1 is 1.00 bits per heavy atom. The zero-order chi connectivity index (χ0) is 32.1. The van der Waals surface area contributed by atoms with E-state index < -0.39 is 24.4 Å². The third kappa shape index (κ3) is 8.82. The lowest BCUT2D eigenvalue weighted by atomic mass is 9.85. The Balaban J connectivity index is 1.35. The van der Waals surface area contributed by atoms with Crippen LogP contribution in [0.3, 0.4) is 0 Å². The van der Waals surface area contributed by atoms with Crippen molar-refractivity contribution in [2.24, 2.45) is 16.8 Å². The second-order valence-corrected chi connectivity index (χ2v) is 12.7. The number of aromatic nitrogens is 2. The zero-order valence-electron chi connectivity index (χ0n) is 25.8. The summed E-state index contributed by atoms with van der Waals surface area (Å²) in [5.41, 5.74) is 3.54. The normalized spacial score (nSPS) is 20.6. The van der Waals surface area contributed by atoms with Gasteiger partial charge >= 0.3 is 6.18 Å². The maximum absolute atomic E-state index is 13.5. The van der Waals surface area contributed by atoms with Gasteiger partial charge in [0.05, 0.1) is 17.6 Å². The van der Waals surface area contributed by atoms with Crippen molar-refractivity contribution in [1.82, 2.24) is 25.1 Å². The Bertz CT molecular complexity index is 1530. The van der Waals surface area contributed by atoms with Crippen LogP contribution in [0.1, 0.15) is 74.3 Å². The molecule has 2 amide bonds. The fourth-order valence-corrected chi connectivity index (χ4v) is 6.50. The molecular formula is C33H42F4N6O2. The molecule has 244 valence electrons. The second-order valence-electron chi connectivity index (χ2n) is 12.7. The van der Waals surface area contributed by atoms with E-state index in [2.05, 4.69) is 36.1 Å². The first kappa shape index (κ1) is 32.9. The number of rotatable bonds is 9. The van der Waals surface area contributed by atoms with E-state index in [-0.39, 0.29) is 35.4 Å². The minimum Gasteiger partial charge on any atom is -0.354 e. The number of aromatic amines is 1. The van der Waals surface area contributed by atoms with Gasteiger partial charge in [0.1, 0.15) is 5.82 Å². The van der Waals surface area contributed by atoms with E-state index in [1.165, 1.54) is 24.3 Å². The molecule has 12 heteroatoms. The van der Waals surface area contributed by atoms with Crippen LogP contribution in [-0.2, 0) is 11.3 Å². The van der Waals surface area contributed by atoms with Crippen LogP contribution in [0.4, 0.5) is 17.6 Å². The molecule has 1 aliphatic carbocycles. The van der Waals surface area contributed by atoms with Gasteiger partial charge in [0.2, 0.25) is 11.5 Å². The van der Waals surface area contributed by atoms with Crippen molar-refractivity contribution in [3.8, 4) is 0 Å². The van der Waals surface area contributed by atoms with Crippen LogP contribution in [-0.4, -0.2) is 64.7 Å². The molecule has 0 atom stereocenters. The molecule has 0 bridgehead atoms. The highest BCUT2D eigenvalue weighted by molar-refractivity contribution is 5.95. The summed E-state index contributed by atoms with van der Waals surface area (Å²) in [5.74, 6) is -0.671. The number of alkyl halides is 3. The van der Waals surface area contributed by atoms with Gasteiger partial charge < -0.3 is 20.2 Å². The van der Waals surface area contributed by atoms with Gasteiger partial charge in [0.25, 0.3) is 5.91 Å². The number of carbonyl (C=O) groups excluding carboxylic acids is 2. The van der Waals surface area contributed by atoms with Gasteiger partial charge in [0.15, 0.2) is 0 Å². The standard InChI is InChI=1S/C33H42F4N6O2/c1-21(2)39-30(44)25-6-10-27(11-7-25)43-29-17-23(19-42-15-13-22(14-16-42)18-38-20-33(35,36)37)3-12-28(29)40-32(43)41-31(45)24-4-8-26(34)9-5-24/h3-5,8-9,12,17,21-22,25,27,38H,6-7,10-11,13-16,18-20H2,1-2H3,(H,39,44)(H,40,41,45). The highest BCUT2D eigenvalue weighted by Gasteiger charge is 2.30. The topological polar surface area (TPSA) is 94.5 Å². The number of H-pyrrole nitrogens is 1. The molecule has 5 rings (SSSR count). The molecule has 3 aromatic rings. The molecule has 3 N–H and O–H groups in total. The van der Waals surface area contributed by atoms with Gasteiger partial charge in [-0.1, -0.05) is 6.07 Å². The van der Waals surface area contributed by atoms with Crippen molar-refractivity contribution in [2.75, 3.05) is 26.2 Å². The minimum atomic E-state index is -4.20. The number of hydrogen-bond donors (Lipinski definition) is 3. The molecule has 2 aliphatic rings. The quantitative estimate of drug-likeness (QED) is 0.274. The van der Waals surface area contributed by atoms with Gasteiger partial charge in [-0.3, -0.25) is 14.5 Å². The molecule has 0 radical (unpaired) electrons. The molecule has 45 heavy (non-hydrogen) atoms. The van der Waals surface area contributed by atoms with E-state index in [0.29, 0.717) is 18.7 Å². The molecule has 1 aliphatic heterocycles. The molecule has 1 aromatic heterocycles. The molecule has 0 spiro atoms. The summed E-state index contributed by atoms with van der Waals surface area (Å²) in [7, 11) is 0. The van der Waals surface area contributed by atoms with Crippen molar-refractivity contribution in [2.45, 2.75) is 77.2 Å². The number of fused-ring (bicyclic) bond motifs is 1. The fourth-order valence-electron chi connectivity index (χ4n) is 6.50. The predicted molar refractivity (Wildman–Crippen MR) is 164 cm³/mol. The van der Waals surface area contributed by atoms with Crippen LogP contribution in [0, 0.1) is 17.7 Å². The lowest BCUT2D eigenvalue weighted by Gasteiger charge is -2.32. The molecule has 1 saturated carbocycles. The average Bonchev–Trinajstić information content (AvgIpc) is 3.34. The number of nitrogens with one attached hydrogen (secondary N) is 3. The lowest BCUT2D eigenvalue weighted by molar-refractivity contribution is -0.127. The van der Waals surface area contributed by atoms with E-state index in [4.69, 9.17) is 0 Å². The summed E-state index contributed by atoms with van der Waals surface area (Å²) in [6, 6.07) is 11.5. The van der Waals surface area contributed by atoms with Crippen molar-refractivity contribution in [3.63, 3.8) is 0 Å². The number of nitrogens with zero attached hydrogens (tertiary/aromatic N) is 3. The van der Waals surface area contributed by atoms with Crippen molar-refractivity contribution in [1.29, 1.82) is 0 Å². The van der Waals surface area contributed by atoms with Crippen molar-refractivity contribution < 1.29 is 27.2 Å². The zero-order valence-corrected chi connectivity index (χ0v) is 25.8. The van der Waals surface area contributed by atoms with Crippen LogP contribution >= 0.6 is 0 Å². The number of halogens is 4. The first-order valence-electron chi connectivity index (χ1n) is 15.8. The summed E-state index contributed by atoms with van der Waals surface area (Å²) in [6.45, 7) is 5.62. The number of imidazole rings is 1. The molecule has 2 fully saturated rings. The lowest BCUT2D eigenvalue weighted by Crippen LogP contribution is -2.39. The van der Waals surface area contributed by atoms with E-state index in [1.54, 1.807) is 0 Å². The summed E-state index contributed by atoms with van der Waals surface area (Å²) in [5, 5.41) is 5.56. The fraction of sp³-hybridized carbons (Fsp3) is 0.545. The summed E-state index contributed by atoms with van der Waals surface area (Å²) in [6.07, 6.45) is 0.417. The Kier molecular flexibility index (Phi) is 10.4. The maximum atomic E-state index is 13.5. The molecular weight excluding hydrogens is 588 g/mol. The molecule has 0 unspecified atom stereocenters. The van der Waals surface area contributed by atoms with Crippen molar-refractivity contribution in [3.05, 3.63) is 65.0 Å². The average molecular weight is 631 g/mol. The highest BCUT2D eigenvalue weighted by atomic mass is 19.4. The molecule has 1 saturated heterocycles. The smallest absolute Gasteiger partial charge is 0.354 e. The Hall–Kier alpha value is -3.51. The van der Waals surface area contributed by atoms with Crippen LogP contribution in [0.25, 0.3) is 11.0 Å². The number of likely N-dealkylation sites (tertiary alicyclic amines) is 1.